The van der Waals surface area contributed by atoms with Gasteiger partial charge in [0.2, 0.25) is 10.4 Å². The predicted octanol–water partition coefficient (Wildman–Crippen LogP) is 0.326. The predicted molar refractivity (Wildman–Crippen MR) is 95.0 cm³/mol. The van der Waals surface area contributed by atoms with Gasteiger partial charge in [0, 0.05) is 6.54 Å². The Balaban J connectivity index is 0. The Labute approximate surface area is 174 Å². The zero-order valence-corrected chi connectivity index (χ0v) is 18.3. The first-order chi connectivity index (χ1) is 11.4. The SMILES string of the molecule is CCCCCCCCCc1ccc(OCCN)cc1.O=S(=O)([O-])O.[Na+]. The number of rotatable bonds is 11. The molecule has 0 saturated carbocycles. The van der Waals surface area contributed by atoms with Crippen molar-refractivity contribution in [2.45, 2.75) is 58.3 Å². The maximum Gasteiger partial charge on any atom is 1.00 e. The second-order valence-electron chi connectivity index (χ2n) is 5.58. The summed E-state index contributed by atoms with van der Waals surface area (Å²) in [6, 6.07) is 8.43. The van der Waals surface area contributed by atoms with Crippen LogP contribution in [0.1, 0.15) is 57.4 Å². The van der Waals surface area contributed by atoms with E-state index in [1.54, 1.807) is 0 Å². The summed E-state index contributed by atoms with van der Waals surface area (Å²) >= 11 is 0. The molecule has 0 aliphatic heterocycles. The Kier molecular flexibility index (Phi) is 18.7. The summed E-state index contributed by atoms with van der Waals surface area (Å²) in [6.07, 6.45) is 10.8. The zero-order valence-electron chi connectivity index (χ0n) is 15.4. The number of benzene rings is 1. The monoisotopic (exact) mass is 383 g/mol. The van der Waals surface area contributed by atoms with Crippen molar-refractivity contribution < 1.29 is 51.8 Å². The molecule has 0 radical (unpaired) electrons. The molecule has 1 aromatic carbocycles. The van der Waals surface area contributed by atoms with Gasteiger partial charge in [0.15, 0.2) is 0 Å². The van der Waals surface area contributed by atoms with E-state index in [9.17, 15) is 0 Å². The van der Waals surface area contributed by atoms with Gasteiger partial charge in [-0.3, -0.25) is 4.55 Å². The molecule has 1 aromatic rings. The van der Waals surface area contributed by atoms with E-state index in [1.807, 2.05) is 12.1 Å². The molecule has 0 bridgehead atoms. The van der Waals surface area contributed by atoms with Crippen LogP contribution in [0.3, 0.4) is 0 Å². The van der Waals surface area contributed by atoms with Crippen molar-refractivity contribution in [3.63, 3.8) is 0 Å². The van der Waals surface area contributed by atoms with E-state index >= 15 is 0 Å². The summed E-state index contributed by atoms with van der Waals surface area (Å²) in [5, 5.41) is 0. The minimum Gasteiger partial charge on any atom is -0.726 e. The van der Waals surface area contributed by atoms with Crippen LogP contribution in [0, 0.1) is 0 Å². The fourth-order valence-corrected chi connectivity index (χ4v) is 2.22. The van der Waals surface area contributed by atoms with Gasteiger partial charge in [-0.15, -0.1) is 0 Å². The van der Waals surface area contributed by atoms with Crippen molar-refractivity contribution in [2.24, 2.45) is 5.73 Å². The summed E-state index contributed by atoms with van der Waals surface area (Å²) in [6.45, 7) is 3.43. The third kappa shape index (κ3) is 21.8. The van der Waals surface area contributed by atoms with Crippen molar-refractivity contribution in [3.8, 4) is 5.75 Å². The molecule has 0 aromatic heterocycles. The quantitative estimate of drug-likeness (QED) is 0.246. The molecule has 0 spiro atoms. The maximum absolute atomic E-state index is 8.63. The van der Waals surface area contributed by atoms with Gasteiger partial charge in [-0.2, -0.15) is 0 Å². The van der Waals surface area contributed by atoms with Crippen molar-refractivity contribution in [2.75, 3.05) is 13.2 Å². The molecule has 0 heterocycles. The van der Waals surface area contributed by atoms with Crippen LogP contribution in [0.15, 0.2) is 24.3 Å². The van der Waals surface area contributed by atoms with E-state index in [4.69, 9.17) is 28.0 Å². The van der Waals surface area contributed by atoms with Crippen LogP contribution in [0.2, 0.25) is 0 Å². The van der Waals surface area contributed by atoms with Gasteiger partial charge in [0.25, 0.3) is 0 Å². The van der Waals surface area contributed by atoms with E-state index in [0.717, 1.165) is 5.75 Å². The molecule has 1 rings (SSSR count). The molecule has 8 heteroatoms. The molecular weight excluding hydrogens is 353 g/mol. The number of aryl methyl sites for hydroxylation is 1. The summed E-state index contributed by atoms with van der Waals surface area (Å²) in [5.41, 5.74) is 6.82. The van der Waals surface area contributed by atoms with E-state index in [0.29, 0.717) is 13.2 Å². The van der Waals surface area contributed by atoms with Gasteiger partial charge >= 0.3 is 29.6 Å². The van der Waals surface area contributed by atoms with E-state index in [-0.39, 0.29) is 29.6 Å². The van der Waals surface area contributed by atoms with Crippen LogP contribution in [0.4, 0.5) is 0 Å². The van der Waals surface area contributed by atoms with E-state index < -0.39 is 10.4 Å². The number of hydrogen-bond acceptors (Lipinski definition) is 5. The van der Waals surface area contributed by atoms with Crippen LogP contribution in [-0.2, 0) is 16.8 Å². The Hall–Kier alpha value is -0.150. The largest absolute Gasteiger partial charge is 1.00 e. The van der Waals surface area contributed by atoms with Gasteiger partial charge in [-0.05, 0) is 30.5 Å². The number of hydrogen-bond donors (Lipinski definition) is 2. The second-order valence-corrected chi connectivity index (χ2v) is 6.44. The summed E-state index contributed by atoms with van der Waals surface area (Å²) < 4.78 is 38.3. The molecule has 0 aliphatic rings. The molecule has 0 fully saturated rings. The molecule has 0 unspecified atom stereocenters. The summed E-state index contributed by atoms with van der Waals surface area (Å²) in [5.74, 6) is 0.925. The third-order valence-electron chi connectivity index (χ3n) is 3.38. The standard InChI is InChI=1S/C17H29NO.Na.H2O4S/c1-2-3-4-5-6-7-8-9-16-10-12-17(13-11-16)19-15-14-18;;1-5(2,3)4/h10-13H,2-9,14-15,18H2,1H3;;(H2,1,2,3,4)/q;+1;/p-1. The minimum atomic E-state index is -4.92. The van der Waals surface area contributed by atoms with Crippen LogP contribution < -0.4 is 40.0 Å². The van der Waals surface area contributed by atoms with Gasteiger partial charge < -0.3 is 15.0 Å². The first-order valence-corrected chi connectivity index (χ1v) is 9.83. The van der Waals surface area contributed by atoms with Crippen LogP contribution >= 0.6 is 0 Å². The van der Waals surface area contributed by atoms with Crippen molar-refractivity contribution >= 4 is 10.4 Å². The molecule has 25 heavy (non-hydrogen) atoms. The molecule has 6 nitrogen and oxygen atoms in total. The first-order valence-electron chi connectivity index (χ1n) is 8.47. The molecular formula is C17H30NNaO5S. The number of unbranched alkanes of at least 4 members (excludes halogenated alkanes) is 6. The molecule has 0 saturated heterocycles. The summed E-state index contributed by atoms with van der Waals surface area (Å²) in [4.78, 5) is 0. The molecule has 140 valence electrons. The van der Waals surface area contributed by atoms with Gasteiger partial charge in [0.05, 0.1) is 0 Å². The topological polar surface area (TPSA) is 113 Å². The van der Waals surface area contributed by atoms with Crippen molar-refractivity contribution in [1.82, 2.24) is 0 Å². The van der Waals surface area contributed by atoms with Crippen molar-refractivity contribution in [1.29, 1.82) is 0 Å². The third-order valence-corrected chi connectivity index (χ3v) is 3.38. The van der Waals surface area contributed by atoms with Crippen LogP contribution in [0.25, 0.3) is 0 Å². The van der Waals surface area contributed by atoms with E-state index in [2.05, 4.69) is 19.1 Å². The second kappa shape index (κ2) is 17.3. The maximum atomic E-state index is 8.63. The van der Waals surface area contributed by atoms with Gasteiger partial charge in [-0.25, -0.2) is 8.42 Å². The van der Waals surface area contributed by atoms with E-state index in [1.165, 1.54) is 56.9 Å². The minimum absolute atomic E-state index is 0. The fraction of sp³-hybridized carbons (Fsp3) is 0.647. The van der Waals surface area contributed by atoms with Gasteiger partial charge in [-0.1, -0.05) is 57.6 Å². The molecule has 0 amide bonds. The Bertz CT molecular complexity index is 500. The average Bonchev–Trinajstić information content (AvgIpc) is 2.51. The smallest absolute Gasteiger partial charge is 0.726 e. The van der Waals surface area contributed by atoms with Crippen LogP contribution in [-0.4, -0.2) is 30.7 Å². The number of ether oxygens (including phenoxy) is 1. The first kappa shape index (κ1) is 27.1. The average molecular weight is 383 g/mol. The Morgan fingerprint density at radius 2 is 1.52 bits per heavy atom. The molecule has 0 atom stereocenters. The fourth-order valence-electron chi connectivity index (χ4n) is 2.22. The van der Waals surface area contributed by atoms with Crippen molar-refractivity contribution in [3.05, 3.63) is 29.8 Å². The van der Waals surface area contributed by atoms with Crippen LogP contribution in [0.5, 0.6) is 5.75 Å². The Morgan fingerprint density at radius 1 is 1.04 bits per heavy atom. The zero-order chi connectivity index (χ0) is 18.3. The molecule has 3 N–H and O–H groups in total. The summed E-state index contributed by atoms with van der Waals surface area (Å²) in [7, 11) is -4.92. The Morgan fingerprint density at radius 3 is 2.00 bits per heavy atom. The van der Waals surface area contributed by atoms with Gasteiger partial charge in [0.1, 0.15) is 12.4 Å². The number of nitrogens with two attached hydrogens (primary N) is 1. The molecule has 0 aliphatic carbocycles. The normalized spacial score (nSPS) is 10.4.